The first kappa shape index (κ1) is 11.7. The van der Waals surface area contributed by atoms with Gasteiger partial charge in [-0.1, -0.05) is 41.4 Å². The predicted molar refractivity (Wildman–Crippen MR) is 65.4 cm³/mol. The van der Waals surface area contributed by atoms with E-state index in [-0.39, 0.29) is 10.7 Å². The van der Waals surface area contributed by atoms with Crippen molar-refractivity contribution in [2.45, 2.75) is 6.92 Å². The molecule has 0 amide bonds. The Bertz CT molecular complexity index is 573. The molecule has 88 valence electrons. The standard InChI is InChI=1S/C12H11ClN2O2/c1-7-3-5-8(6-4-7)11-9(13)10(12(16)17)14-15(11)2/h3-6H,1-2H3,(H,16,17). The Balaban J connectivity index is 2.59. The highest BCUT2D eigenvalue weighted by Gasteiger charge is 2.20. The lowest BCUT2D eigenvalue weighted by molar-refractivity contribution is 0.0690. The predicted octanol–water partition coefficient (Wildman–Crippen LogP) is 2.75. The molecule has 0 unspecified atom stereocenters. The van der Waals surface area contributed by atoms with E-state index in [1.807, 2.05) is 31.2 Å². The van der Waals surface area contributed by atoms with Crippen molar-refractivity contribution in [2.24, 2.45) is 7.05 Å². The number of aryl methyl sites for hydroxylation is 2. The SMILES string of the molecule is Cc1ccc(-c2c(Cl)c(C(=O)O)nn2C)cc1. The number of rotatable bonds is 2. The van der Waals surface area contributed by atoms with Gasteiger partial charge in [0.1, 0.15) is 5.02 Å². The third-order valence-electron chi connectivity index (χ3n) is 2.52. The molecular weight excluding hydrogens is 240 g/mol. The molecule has 0 fully saturated rings. The summed E-state index contributed by atoms with van der Waals surface area (Å²) in [6, 6.07) is 7.67. The van der Waals surface area contributed by atoms with Crippen molar-refractivity contribution in [3.63, 3.8) is 0 Å². The summed E-state index contributed by atoms with van der Waals surface area (Å²) < 4.78 is 1.48. The first-order valence-corrected chi connectivity index (χ1v) is 5.41. The zero-order chi connectivity index (χ0) is 12.6. The normalized spacial score (nSPS) is 10.5. The van der Waals surface area contributed by atoms with E-state index in [1.54, 1.807) is 7.05 Å². The lowest BCUT2D eigenvalue weighted by Gasteiger charge is -2.03. The Labute approximate surface area is 103 Å². The number of hydrogen-bond donors (Lipinski definition) is 1. The van der Waals surface area contributed by atoms with Gasteiger partial charge < -0.3 is 5.11 Å². The smallest absolute Gasteiger partial charge is 0.358 e. The van der Waals surface area contributed by atoms with Crippen molar-refractivity contribution in [3.8, 4) is 11.3 Å². The molecule has 2 aromatic rings. The number of halogens is 1. The summed E-state index contributed by atoms with van der Waals surface area (Å²) >= 11 is 6.03. The van der Waals surface area contributed by atoms with E-state index in [0.29, 0.717) is 5.69 Å². The summed E-state index contributed by atoms with van der Waals surface area (Å²) in [6.07, 6.45) is 0. The molecule has 0 aliphatic heterocycles. The fourth-order valence-corrected chi connectivity index (χ4v) is 2.01. The summed E-state index contributed by atoms with van der Waals surface area (Å²) in [4.78, 5) is 10.9. The molecule has 2 rings (SSSR count). The number of aromatic carboxylic acids is 1. The van der Waals surface area contributed by atoms with Gasteiger partial charge in [-0.3, -0.25) is 4.68 Å². The zero-order valence-corrected chi connectivity index (χ0v) is 10.2. The maximum Gasteiger partial charge on any atom is 0.358 e. The molecule has 0 saturated heterocycles. The lowest BCUT2D eigenvalue weighted by Crippen LogP contribution is -1.99. The highest BCUT2D eigenvalue weighted by molar-refractivity contribution is 6.35. The van der Waals surface area contributed by atoms with Crippen LogP contribution >= 0.6 is 11.6 Å². The third-order valence-corrected chi connectivity index (χ3v) is 2.88. The molecule has 0 bridgehead atoms. The topological polar surface area (TPSA) is 55.1 Å². The summed E-state index contributed by atoms with van der Waals surface area (Å²) in [5.74, 6) is -1.12. The van der Waals surface area contributed by atoms with Crippen LogP contribution in [0.3, 0.4) is 0 Å². The van der Waals surface area contributed by atoms with Crippen molar-refractivity contribution in [3.05, 3.63) is 40.5 Å². The van der Waals surface area contributed by atoms with Crippen LogP contribution in [0.2, 0.25) is 5.02 Å². The maximum atomic E-state index is 10.9. The van der Waals surface area contributed by atoms with Crippen LogP contribution in [0.4, 0.5) is 0 Å². The summed E-state index contributed by atoms with van der Waals surface area (Å²) in [5.41, 5.74) is 2.47. The van der Waals surface area contributed by atoms with E-state index in [1.165, 1.54) is 4.68 Å². The van der Waals surface area contributed by atoms with Crippen LogP contribution in [0.1, 0.15) is 16.1 Å². The fraction of sp³-hybridized carbons (Fsp3) is 0.167. The van der Waals surface area contributed by atoms with Gasteiger partial charge in [0.05, 0.1) is 5.69 Å². The molecule has 0 aliphatic carbocycles. The summed E-state index contributed by atoms with van der Waals surface area (Å²) in [5, 5.41) is 13.0. The van der Waals surface area contributed by atoms with Gasteiger partial charge in [0.15, 0.2) is 5.69 Å². The second kappa shape index (κ2) is 4.22. The molecule has 1 heterocycles. The minimum Gasteiger partial charge on any atom is -0.476 e. The third kappa shape index (κ3) is 2.03. The average molecular weight is 251 g/mol. The van der Waals surface area contributed by atoms with E-state index >= 15 is 0 Å². The Morgan fingerprint density at radius 2 is 1.94 bits per heavy atom. The van der Waals surface area contributed by atoms with E-state index in [0.717, 1.165) is 11.1 Å². The average Bonchev–Trinajstić information content (AvgIpc) is 2.56. The molecular formula is C12H11ClN2O2. The van der Waals surface area contributed by atoms with Crippen LogP contribution in [0.25, 0.3) is 11.3 Å². The molecule has 0 radical (unpaired) electrons. The van der Waals surface area contributed by atoms with Crippen molar-refractivity contribution in [1.29, 1.82) is 0 Å². The number of hydrogen-bond acceptors (Lipinski definition) is 2. The number of carbonyl (C=O) groups is 1. The van der Waals surface area contributed by atoms with Crippen molar-refractivity contribution < 1.29 is 9.90 Å². The van der Waals surface area contributed by atoms with Crippen molar-refractivity contribution in [1.82, 2.24) is 9.78 Å². The van der Waals surface area contributed by atoms with Crippen molar-refractivity contribution in [2.75, 3.05) is 0 Å². The molecule has 0 aliphatic rings. The monoisotopic (exact) mass is 250 g/mol. The van der Waals surface area contributed by atoms with Gasteiger partial charge in [-0.05, 0) is 6.92 Å². The Morgan fingerprint density at radius 3 is 2.41 bits per heavy atom. The minimum atomic E-state index is -1.12. The molecule has 17 heavy (non-hydrogen) atoms. The fourth-order valence-electron chi connectivity index (χ4n) is 1.66. The Kier molecular flexibility index (Phi) is 2.90. The van der Waals surface area contributed by atoms with E-state index in [2.05, 4.69) is 5.10 Å². The van der Waals surface area contributed by atoms with E-state index in [4.69, 9.17) is 16.7 Å². The molecule has 1 aromatic heterocycles. The van der Waals surface area contributed by atoms with E-state index < -0.39 is 5.97 Å². The molecule has 0 saturated carbocycles. The summed E-state index contributed by atoms with van der Waals surface area (Å²) in [6.45, 7) is 1.98. The second-order valence-electron chi connectivity index (χ2n) is 3.81. The van der Waals surface area contributed by atoms with Gasteiger partial charge >= 0.3 is 5.97 Å². The quantitative estimate of drug-likeness (QED) is 0.892. The first-order valence-electron chi connectivity index (χ1n) is 5.03. The van der Waals surface area contributed by atoms with Crippen LogP contribution in [0, 0.1) is 6.92 Å². The van der Waals surface area contributed by atoms with Gasteiger partial charge in [-0.15, -0.1) is 0 Å². The number of nitrogens with zero attached hydrogens (tertiary/aromatic N) is 2. The Hall–Kier alpha value is -1.81. The molecule has 0 spiro atoms. The lowest BCUT2D eigenvalue weighted by atomic mass is 10.1. The summed E-state index contributed by atoms with van der Waals surface area (Å²) in [7, 11) is 1.67. The number of carboxylic acids is 1. The number of benzene rings is 1. The highest BCUT2D eigenvalue weighted by Crippen LogP contribution is 2.30. The van der Waals surface area contributed by atoms with Gasteiger partial charge in [-0.2, -0.15) is 5.10 Å². The van der Waals surface area contributed by atoms with Gasteiger partial charge in [0.25, 0.3) is 0 Å². The van der Waals surface area contributed by atoms with Crippen LogP contribution < -0.4 is 0 Å². The minimum absolute atomic E-state index is 0.121. The molecule has 5 heteroatoms. The Morgan fingerprint density at radius 1 is 1.35 bits per heavy atom. The van der Waals surface area contributed by atoms with Gasteiger partial charge in [0.2, 0.25) is 0 Å². The van der Waals surface area contributed by atoms with Crippen LogP contribution in [0.15, 0.2) is 24.3 Å². The second-order valence-corrected chi connectivity index (χ2v) is 4.18. The van der Waals surface area contributed by atoms with Crippen LogP contribution in [-0.2, 0) is 7.05 Å². The number of aromatic nitrogens is 2. The molecule has 1 N–H and O–H groups in total. The highest BCUT2D eigenvalue weighted by atomic mass is 35.5. The molecule has 0 atom stereocenters. The van der Waals surface area contributed by atoms with Gasteiger partial charge in [-0.25, -0.2) is 4.79 Å². The van der Waals surface area contributed by atoms with Crippen LogP contribution in [-0.4, -0.2) is 20.9 Å². The number of carboxylic acid groups (broad SMARTS) is 1. The molecule has 1 aromatic carbocycles. The molecule has 4 nitrogen and oxygen atoms in total. The van der Waals surface area contributed by atoms with E-state index in [9.17, 15) is 4.79 Å². The van der Waals surface area contributed by atoms with Crippen LogP contribution in [0.5, 0.6) is 0 Å². The maximum absolute atomic E-state index is 10.9. The van der Waals surface area contributed by atoms with Gasteiger partial charge in [0, 0.05) is 12.6 Å². The van der Waals surface area contributed by atoms with Crippen molar-refractivity contribution >= 4 is 17.6 Å². The first-order chi connectivity index (χ1) is 8.00. The largest absolute Gasteiger partial charge is 0.476 e. The zero-order valence-electron chi connectivity index (χ0n) is 9.44.